The lowest BCUT2D eigenvalue weighted by atomic mass is 10.3. The van der Waals surface area contributed by atoms with Crippen LogP contribution in [0.4, 0.5) is 0 Å². The maximum Gasteiger partial charge on any atom is 0.0908 e. The highest BCUT2D eigenvalue weighted by Gasteiger charge is 1.96. The molecule has 1 aromatic rings. The van der Waals surface area contributed by atoms with E-state index in [1.54, 1.807) is 4.68 Å². The normalized spacial score (nSPS) is 10.1. The van der Waals surface area contributed by atoms with E-state index in [1.165, 1.54) is 0 Å². The van der Waals surface area contributed by atoms with Crippen molar-refractivity contribution in [2.45, 2.75) is 18.4 Å². The van der Waals surface area contributed by atoms with Crippen LogP contribution >= 0.6 is 12.6 Å². The van der Waals surface area contributed by atoms with Gasteiger partial charge in [0.05, 0.1) is 10.7 Å². The fourth-order valence-corrected chi connectivity index (χ4v) is 0.882. The van der Waals surface area contributed by atoms with Gasteiger partial charge in [0, 0.05) is 7.05 Å². The molecule has 1 rings (SSSR count). The molecule has 0 saturated heterocycles. The number of rotatable bonds is 1. The smallest absolute Gasteiger partial charge is 0.0908 e. The van der Waals surface area contributed by atoms with Crippen molar-refractivity contribution in [1.82, 2.24) is 9.78 Å². The van der Waals surface area contributed by atoms with E-state index in [1.807, 2.05) is 13.1 Å². The molecule has 0 aliphatic carbocycles. The molecule has 0 fully saturated rings. The first kappa shape index (κ1) is 6.68. The van der Waals surface area contributed by atoms with Gasteiger partial charge in [0.25, 0.3) is 0 Å². The number of thiol groups is 1. The second-order valence-electron chi connectivity index (χ2n) is 1.97. The Morgan fingerprint density at radius 2 is 2.44 bits per heavy atom. The Kier molecular flexibility index (Phi) is 1.81. The van der Waals surface area contributed by atoms with Crippen molar-refractivity contribution < 1.29 is 0 Å². The van der Waals surface area contributed by atoms with Gasteiger partial charge < -0.3 is 0 Å². The zero-order valence-corrected chi connectivity index (χ0v) is 6.52. The van der Waals surface area contributed by atoms with Crippen LogP contribution in [0.1, 0.15) is 12.6 Å². The van der Waals surface area contributed by atoms with Crippen molar-refractivity contribution in [3.8, 4) is 0 Å². The van der Waals surface area contributed by atoms with Crippen molar-refractivity contribution in [2.75, 3.05) is 0 Å². The number of hydrogen-bond donors (Lipinski definition) is 1. The lowest BCUT2D eigenvalue weighted by Gasteiger charge is -1.87. The molecule has 0 spiro atoms. The van der Waals surface area contributed by atoms with Crippen LogP contribution in [0.15, 0.2) is 11.1 Å². The van der Waals surface area contributed by atoms with Crippen molar-refractivity contribution in [2.24, 2.45) is 7.05 Å². The number of hydrogen-bond acceptors (Lipinski definition) is 2. The molecule has 1 heterocycles. The predicted octanol–water partition coefficient (Wildman–Crippen LogP) is 1.27. The average Bonchev–Trinajstić information content (AvgIpc) is 2.13. The Morgan fingerprint density at radius 3 is 2.67 bits per heavy atom. The SMILES string of the molecule is CCc1cc(S)n(C)n1. The summed E-state index contributed by atoms with van der Waals surface area (Å²) in [5.41, 5.74) is 1.10. The van der Waals surface area contributed by atoms with Crippen LogP contribution in [0, 0.1) is 0 Å². The van der Waals surface area contributed by atoms with E-state index in [0.717, 1.165) is 17.1 Å². The minimum atomic E-state index is 0.923. The van der Waals surface area contributed by atoms with E-state index < -0.39 is 0 Å². The van der Waals surface area contributed by atoms with Crippen LogP contribution in [0.5, 0.6) is 0 Å². The summed E-state index contributed by atoms with van der Waals surface area (Å²) in [7, 11) is 1.89. The molecule has 0 aliphatic rings. The molecular formula is C6H10N2S. The molecule has 0 radical (unpaired) electrons. The highest BCUT2D eigenvalue weighted by atomic mass is 32.1. The van der Waals surface area contributed by atoms with Crippen LogP contribution < -0.4 is 0 Å². The third-order valence-corrected chi connectivity index (χ3v) is 1.69. The second-order valence-corrected chi connectivity index (χ2v) is 2.43. The summed E-state index contributed by atoms with van der Waals surface area (Å²) in [6.07, 6.45) is 0.981. The summed E-state index contributed by atoms with van der Waals surface area (Å²) in [5.74, 6) is 0. The molecule has 2 nitrogen and oxygen atoms in total. The first-order valence-electron chi connectivity index (χ1n) is 2.96. The van der Waals surface area contributed by atoms with Gasteiger partial charge in [0.1, 0.15) is 0 Å². The fraction of sp³-hybridized carbons (Fsp3) is 0.500. The minimum absolute atomic E-state index is 0.923. The van der Waals surface area contributed by atoms with E-state index >= 15 is 0 Å². The molecule has 0 aliphatic heterocycles. The van der Waals surface area contributed by atoms with Gasteiger partial charge in [-0.25, -0.2) is 0 Å². The molecule has 0 amide bonds. The monoisotopic (exact) mass is 142 g/mol. The summed E-state index contributed by atoms with van der Waals surface area (Å²) in [6, 6.07) is 1.98. The van der Waals surface area contributed by atoms with E-state index in [-0.39, 0.29) is 0 Å². The molecule has 0 N–H and O–H groups in total. The first-order chi connectivity index (χ1) is 4.24. The van der Waals surface area contributed by atoms with Crippen LogP contribution in [0.2, 0.25) is 0 Å². The molecular weight excluding hydrogens is 132 g/mol. The molecule has 0 atom stereocenters. The number of nitrogens with zero attached hydrogens (tertiary/aromatic N) is 2. The molecule has 3 heteroatoms. The third kappa shape index (κ3) is 1.27. The van der Waals surface area contributed by atoms with Crippen LogP contribution in [0.3, 0.4) is 0 Å². The Labute approximate surface area is 60.3 Å². The zero-order chi connectivity index (χ0) is 6.85. The molecule has 0 bridgehead atoms. The van der Waals surface area contributed by atoms with Crippen molar-refractivity contribution >= 4 is 12.6 Å². The van der Waals surface area contributed by atoms with E-state index in [2.05, 4.69) is 24.7 Å². The quantitative estimate of drug-likeness (QED) is 0.585. The van der Waals surface area contributed by atoms with Crippen LogP contribution in [-0.4, -0.2) is 9.78 Å². The standard InChI is InChI=1S/C6H10N2S/c1-3-5-4-6(9)8(2)7-5/h4,9H,3H2,1-2H3. The maximum atomic E-state index is 4.17. The minimum Gasteiger partial charge on any atom is -0.262 e. The highest BCUT2D eigenvalue weighted by molar-refractivity contribution is 7.80. The van der Waals surface area contributed by atoms with Crippen LogP contribution in [-0.2, 0) is 13.5 Å². The van der Waals surface area contributed by atoms with Gasteiger partial charge >= 0.3 is 0 Å². The van der Waals surface area contributed by atoms with Gasteiger partial charge in [-0.15, -0.1) is 12.6 Å². The van der Waals surface area contributed by atoms with E-state index in [9.17, 15) is 0 Å². The summed E-state index contributed by atoms with van der Waals surface area (Å²) in [6.45, 7) is 2.08. The molecule has 50 valence electrons. The molecule has 0 saturated carbocycles. The van der Waals surface area contributed by atoms with Crippen molar-refractivity contribution in [3.63, 3.8) is 0 Å². The molecule has 0 unspecified atom stereocenters. The Balaban J connectivity index is 2.98. The summed E-state index contributed by atoms with van der Waals surface area (Å²) >= 11 is 4.17. The maximum absolute atomic E-state index is 4.17. The second kappa shape index (κ2) is 2.43. The summed E-state index contributed by atoms with van der Waals surface area (Å²) in [5, 5.41) is 5.09. The largest absolute Gasteiger partial charge is 0.262 e. The molecule has 0 aromatic carbocycles. The topological polar surface area (TPSA) is 17.8 Å². The summed E-state index contributed by atoms with van der Waals surface area (Å²) in [4.78, 5) is 0. The Hall–Kier alpha value is -0.440. The molecule has 1 aromatic heterocycles. The highest BCUT2D eigenvalue weighted by Crippen LogP contribution is 2.06. The lowest BCUT2D eigenvalue weighted by molar-refractivity contribution is 0.688. The Morgan fingerprint density at radius 1 is 1.78 bits per heavy atom. The average molecular weight is 142 g/mol. The van der Waals surface area contributed by atoms with Gasteiger partial charge in [0.2, 0.25) is 0 Å². The number of aryl methyl sites for hydroxylation is 2. The van der Waals surface area contributed by atoms with Gasteiger partial charge in [-0.05, 0) is 12.5 Å². The van der Waals surface area contributed by atoms with Crippen LogP contribution in [0.25, 0.3) is 0 Å². The Bertz CT molecular complexity index is 185. The zero-order valence-electron chi connectivity index (χ0n) is 5.63. The van der Waals surface area contributed by atoms with Crippen molar-refractivity contribution in [3.05, 3.63) is 11.8 Å². The van der Waals surface area contributed by atoms with Gasteiger partial charge in [-0.3, -0.25) is 4.68 Å². The first-order valence-corrected chi connectivity index (χ1v) is 3.40. The van der Waals surface area contributed by atoms with Gasteiger partial charge in [-0.2, -0.15) is 5.10 Å². The van der Waals surface area contributed by atoms with Crippen molar-refractivity contribution in [1.29, 1.82) is 0 Å². The van der Waals surface area contributed by atoms with E-state index in [0.29, 0.717) is 0 Å². The number of aromatic nitrogens is 2. The molecule has 9 heavy (non-hydrogen) atoms. The fourth-order valence-electron chi connectivity index (χ4n) is 0.688. The summed E-state index contributed by atoms with van der Waals surface area (Å²) < 4.78 is 1.77. The predicted molar refractivity (Wildman–Crippen MR) is 39.8 cm³/mol. The van der Waals surface area contributed by atoms with Gasteiger partial charge in [-0.1, -0.05) is 6.92 Å². The third-order valence-electron chi connectivity index (χ3n) is 1.27. The van der Waals surface area contributed by atoms with E-state index in [4.69, 9.17) is 0 Å². The lowest BCUT2D eigenvalue weighted by Crippen LogP contribution is -1.90. The van der Waals surface area contributed by atoms with Gasteiger partial charge in [0.15, 0.2) is 0 Å².